The van der Waals surface area contributed by atoms with Crippen molar-refractivity contribution in [3.63, 3.8) is 0 Å². The van der Waals surface area contributed by atoms with Crippen LogP contribution in [-0.2, 0) is 16.1 Å². The van der Waals surface area contributed by atoms with Crippen molar-refractivity contribution in [2.45, 2.75) is 30.8 Å². The van der Waals surface area contributed by atoms with E-state index in [9.17, 15) is 22.4 Å². The van der Waals surface area contributed by atoms with Crippen LogP contribution in [0.1, 0.15) is 39.4 Å². The van der Waals surface area contributed by atoms with Crippen molar-refractivity contribution in [2.75, 3.05) is 13.1 Å². The molecule has 1 unspecified atom stereocenters. The van der Waals surface area contributed by atoms with Crippen LogP contribution in [0.5, 0.6) is 0 Å². The van der Waals surface area contributed by atoms with Crippen LogP contribution in [0.4, 0.5) is 22.0 Å². The summed E-state index contributed by atoms with van der Waals surface area (Å²) in [6, 6.07) is 7.27. The predicted octanol–water partition coefficient (Wildman–Crippen LogP) is 6.33. The number of carbonyl (C=O) groups excluding carboxylic acids is 1. The van der Waals surface area contributed by atoms with Crippen molar-refractivity contribution in [3.8, 4) is 0 Å². The fourth-order valence-electron chi connectivity index (χ4n) is 4.34. The van der Waals surface area contributed by atoms with E-state index in [1.807, 2.05) is 0 Å². The van der Waals surface area contributed by atoms with Crippen molar-refractivity contribution in [2.24, 2.45) is 5.16 Å². The van der Waals surface area contributed by atoms with Gasteiger partial charge in [0.1, 0.15) is 0 Å². The molecule has 1 aromatic heterocycles. The van der Waals surface area contributed by atoms with Crippen LogP contribution in [0.3, 0.4) is 0 Å². The monoisotopic (exact) mass is 559 g/mol. The number of rotatable bonds is 4. The summed E-state index contributed by atoms with van der Waals surface area (Å²) in [6.45, 7) is 1.15. The van der Waals surface area contributed by atoms with E-state index in [2.05, 4.69) is 10.1 Å². The molecule has 0 saturated carbocycles. The van der Waals surface area contributed by atoms with Gasteiger partial charge < -0.3 is 14.2 Å². The molecule has 6 nitrogen and oxygen atoms in total. The maximum absolute atomic E-state index is 15.4. The highest BCUT2D eigenvalue weighted by Crippen LogP contribution is 2.50. The second-order valence-corrected chi connectivity index (χ2v) is 9.67. The summed E-state index contributed by atoms with van der Waals surface area (Å²) in [5, 5.41) is 2.45. The van der Waals surface area contributed by atoms with Gasteiger partial charge in [-0.2, -0.15) is 13.2 Å². The fraction of sp³-hybridized carbons (Fsp3) is 0.292. The van der Waals surface area contributed by atoms with Gasteiger partial charge in [-0.05, 0) is 30.2 Å². The Balaban J connectivity index is 1.34. The van der Waals surface area contributed by atoms with Gasteiger partial charge in [0.05, 0.1) is 34.5 Å². The molecular formula is C24H16Cl2F5N3O3. The molecule has 37 heavy (non-hydrogen) atoms. The first-order valence-corrected chi connectivity index (χ1v) is 11.6. The Bertz CT molecular complexity index is 1390. The number of halogens is 7. The Morgan fingerprint density at radius 1 is 1.08 bits per heavy atom. The number of oxazole rings is 1. The molecule has 0 N–H and O–H groups in total. The highest BCUT2D eigenvalue weighted by Gasteiger charge is 2.62. The third-order valence-electron chi connectivity index (χ3n) is 6.48. The van der Waals surface area contributed by atoms with Gasteiger partial charge in [-0.3, -0.25) is 4.79 Å². The lowest BCUT2D eigenvalue weighted by Gasteiger charge is -2.44. The lowest BCUT2D eigenvalue weighted by atomic mass is 9.84. The van der Waals surface area contributed by atoms with Gasteiger partial charge in [-0.1, -0.05) is 52.6 Å². The van der Waals surface area contributed by atoms with Crippen LogP contribution in [0.25, 0.3) is 0 Å². The normalized spacial score (nSPS) is 20.9. The van der Waals surface area contributed by atoms with Gasteiger partial charge in [-0.25, -0.2) is 13.8 Å². The van der Waals surface area contributed by atoms with E-state index in [0.717, 1.165) is 18.5 Å². The largest absolute Gasteiger partial charge is 0.438 e. The molecule has 0 spiro atoms. The number of hydrogen-bond acceptors (Lipinski definition) is 5. The Morgan fingerprint density at radius 2 is 1.70 bits per heavy atom. The van der Waals surface area contributed by atoms with Crippen LogP contribution < -0.4 is 0 Å². The minimum atomic E-state index is -4.95. The maximum atomic E-state index is 15.4. The first-order chi connectivity index (χ1) is 17.3. The number of nitrogens with zero attached hydrogens (tertiary/aromatic N) is 3. The molecule has 5 rings (SSSR count). The van der Waals surface area contributed by atoms with Crippen LogP contribution in [-0.4, -0.2) is 40.8 Å². The second kappa shape index (κ2) is 8.70. The number of alkyl halides is 4. The first-order valence-electron chi connectivity index (χ1n) is 10.8. The summed E-state index contributed by atoms with van der Waals surface area (Å²) < 4.78 is 76.8. The number of likely N-dealkylation sites (tertiary alicyclic amines) is 1. The first kappa shape index (κ1) is 25.5. The van der Waals surface area contributed by atoms with Crippen LogP contribution in [0.2, 0.25) is 10.0 Å². The van der Waals surface area contributed by atoms with Crippen LogP contribution >= 0.6 is 23.2 Å². The molecule has 0 aliphatic carbocycles. The number of hydrogen-bond donors (Lipinski definition) is 0. The summed E-state index contributed by atoms with van der Waals surface area (Å²) in [4.78, 5) is 22.5. The summed E-state index contributed by atoms with van der Waals surface area (Å²) in [5.41, 5.74) is -4.43. The SMILES string of the molecule is Cc1ncoc1C(=O)N1CC(F)(c2ccc(C3=NOC(c4cc(Cl)c(F)c(Cl)c4)(C(F)(F)F)C3)cc2)C1. The number of amides is 1. The highest BCUT2D eigenvalue weighted by atomic mass is 35.5. The number of oxime groups is 1. The van der Waals surface area contributed by atoms with Gasteiger partial charge >= 0.3 is 6.18 Å². The van der Waals surface area contributed by atoms with Crippen molar-refractivity contribution in [3.05, 3.63) is 86.8 Å². The molecule has 1 fully saturated rings. The van der Waals surface area contributed by atoms with E-state index in [-0.39, 0.29) is 35.7 Å². The van der Waals surface area contributed by atoms with E-state index in [1.54, 1.807) is 6.92 Å². The molecule has 3 heterocycles. The van der Waals surface area contributed by atoms with E-state index in [1.165, 1.54) is 29.2 Å². The van der Waals surface area contributed by atoms with E-state index >= 15 is 4.39 Å². The topological polar surface area (TPSA) is 67.9 Å². The van der Waals surface area contributed by atoms with E-state index in [4.69, 9.17) is 32.5 Å². The molecule has 2 aromatic carbocycles. The predicted molar refractivity (Wildman–Crippen MR) is 123 cm³/mol. The van der Waals surface area contributed by atoms with Gasteiger partial charge in [0.15, 0.2) is 17.9 Å². The van der Waals surface area contributed by atoms with E-state index in [0.29, 0.717) is 5.69 Å². The Labute approximate surface area is 216 Å². The summed E-state index contributed by atoms with van der Waals surface area (Å²) in [7, 11) is 0. The van der Waals surface area contributed by atoms with Gasteiger partial charge in [0.25, 0.3) is 11.5 Å². The highest BCUT2D eigenvalue weighted by molar-refractivity contribution is 6.35. The molecule has 0 radical (unpaired) electrons. The van der Waals surface area contributed by atoms with Crippen molar-refractivity contribution >= 4 is 34.8 Å². The fourth-order valence-corrected chi connectivity index (χ4v) is 4.83. The molecular weight excluding hydrogens is 544 g/mol. The zero-order chi connectivity index (χ0) is 26.8. The quantitative estimate of drug-likeness (QED) is 0.276. The zero-order valence-electron chi connectivity index (χ0n) is 18.9. The lowest BCUT2D eigenvalue weighted by molar-refractivity contribution is -0.275. The number of carbonyl (C=O) groups is 1. The molecule has 3 aromatic rings. The molecule has 1 amide bonds. The Morgan fingerprint density at radius 3 is 2.24 bits per heavy atom. The Kier molecular flexibility index (Phi) is 5.99. The lowest BCUT2D eigenvalue weighted by Crippen LogP contribution is -2.58. The molecule has 2 aliphatic heterocycles. The molecule has 1 atom stereocenters. The molecule has 0 bridgehead atoms. The Hall–Kier alpha value is -3.18. The van der Waals surface area contributed by atoms with Gasteiger partial charge in [0.2, 0.25) is 5.76 Å². The molecule has 1 saturated heterocycles. The van der Waals surface area contributed by atoms with E-state index < -0.39 is 51.2 Å². The zero-order valence-corrected chi connectivity index (χ0v) is 20.4. The van der Waals surface area contributed by atoms with Crippen LogP contribution in [0.15, 0.2) is 52.4 Å². The molecule has 2 aliphatic rings. The third kappa shape index (κ3) is 4.14. The second-order valence-electron chi connectivity index (χ2n) is 8.86. The summed E-state index contributed by atoms with van der Waals surface area (Å²) in [6.07, 6.45) is -4.56. The number of aryl methyl sites for hydroxylation is 1. The van der Waals surface area contributed by atoms with Crippen molar-refractivity contribution in [1.29, 1.82) is 0 Å². The molecule has 194 valence electrons. The van der Waals surface area contributed by atoms with Crippen LogP contribution in [0, 0.1) is 12.7 Å². The average Bonchev–Trinajstić information content (AvgIpc) is 3.47. The minimum Gasteiger partial charge on any atom is -0.438 e. The van der Waals surface area contributed by atoms with Crippen molar-refractivity contribution < 1.29 is 36.0 Å². The van der Waals surface area contributed by atoms with Crippen molar-refractivity contribution in [1.82, 2.24) is 9.88 Å². The third-order valence-corrected chi connectivity index (χ3v) is 7.03. The average molecular weight is 560 g/mol. The van der Waals surface area contributed by atoms with Gasteiger partial charge in [-0.15, -0.1) is 0 Å². The molecule has 13 heteroatoms. The standard InChI is InChI=1S/C24H16Cl2F5N3O3/c1-12-20(36-11-32-12)21(35)34-9-22(28,10-34)14-4-2-13(3-5-14)18-8-23(37-33-18,24(29,30)31)15-6-16(25)19(27)17(26)7-15/h2-7,11H,8-10H2,1H3. The maximum Gasteiger partial charge on any atom is 0.435 e. The minimum absolute atomic E-state index is 0.0357. The van der Waals surface area contributed by atoms with Gasteiger partial charge in [0, 0.05) is 12.0 Å². The summed E-state index contributed by atoms with van der Waals surface area (Å²) in [5.74, 6) is -1.50. The number of aromatic nitrogens is 1. The smallest absolute Gasteiger partial charge is 0.435 e. The summed E-state index contributed by atoms with van der Waals surface area (Å²) >= 11 is 11.4. The number of benzene rings is 2.